The first-order valence-electron chi connectivity index (χ1n) is 7.36. The van der Waals surface area contributed by atoms with Crippen LogP contribution in [0.4, 0.5) is 11.4 Å². The van der Waals surface area contributed by atoms with E-state index < -0.39 is 0 Å². The van der Waals surface area contributed by atoms with Crippen LogP contribution >= 0.6 is 0 Å². The zero-order chi connectivity index (χ0) is 15.1. The molecule has 0 fully saturated rings. The minimum Gasteiger partial charge on any atom is -0.492 e. The van der Waals surface area contributed by atoms with Gasteiger partial charge in [0.25, 0.3) is 0 Å². The van der Waals surface area contributed by atoms with E-state index in [0.717, 1.165) is 36.8 Å². The quantitative estimate of drug-likeness (QED) is 0.743. The summed E-state index contributed by atoms with van der Waals surface area (Å²) in [4.78, 5) is 4.54. The molecule has 0 aliphatic heterocycles. The van der Waals surface area contributed by atoms with Gasteiger partial charge in [-0.15, -0.1) is 0 Å². The second-order valence-corrected chi connectivity index (χ2v) is 5.77. The minimum atomic E-state index is 0.590. The molecule has 4 heteroatoms. The molecule has 0 saturated heterocycles. The normalized spacial score (nSPS) is 11.2. The van der Waals surface area contributed by atoms with E-state index in [4.69, 9.17) is 10.5 Å². The number of hydrogen-bond donors (Lipinski definition) is 1. The molecule has 1 aromatic carbocycles. The fourth-order valence-electron chi connectivity index (χ4n) is 2.16. The predicted octanol–water partition coefficient (Wildman–Crippen LogP) is 2.69. The molecule has 2 N–H and O–H groups in total. The monoisotopic (exact) mass is 279 g/mol. The zero-order valence-electron chi connectivity index (χ0n) is 13.5. The van der Waals surface area contributed by atoms with Crippen molar-refractivity contribution >= 4 is 11.4 Å². The van der Waals surface area contributed by atoms with Gasteiger partial charge in [0.2, 0.25) is 0 Å². The maximum atomic E-state index is 6.27. The maximum absolute atomic E-state index is 6.27. The lowest BCUT2D eigenvalue weighted by Gasteiger charge is -2.29. The van der Waals surface area contributed by atoms with Crippen molar-refractivity contribution in [3.63, 3.8) is 0 Å². The number of rotatable bonds is 8. The molecule has 0 atom stereocenters. The second-order valence-electron chi connectivity index (χ2n) is 5.77. The summed E-state index contributed by atoms with van der Waals surface area (Å²) in [5.74, 6) is 1.37. The standard InChI is InChI=1S/C16H29N3O/c1-6-20-15-9-7-8-14(16(15)17)19(12-13(2)3)11-10-18(4)5/h7-9,13H,6,10-12,17H2,1-5H3. The molecule has 1 aromatic rings. The second kappa shape index (κ2) is 8.00. The molecule has 0 aliphatic rings. The molecule has 0 unspecified atom stereocenters. The predicted molar refractivity (Wildman–Crippen MR) is 87.6 cm³/mol. The van der Waals surface area contributed by atoms with Gasteiger partial charge in [-0.2, -0.15) is 0 Å². The number of hydrogen-bond acceptors (Lipinski definition) is 4. The fourth-order valence-corrected chi connectivity index (χ4v) is 2.16. The molecule has 0 aliphatic carbocycles. The van der Waals surface area contributed by atoms with Crippen molar-refractivity contribution in [3.05, 3.63) is 18.2 Å². The smallest absolute Gasteiger partial charge is 0.144 e. The Kier molecular flexibility index (Phi) is 6.65. The molecule has 20 heavy (non-hydrogen) atoms. The molecule has 1 rings (SSSR count). The SMILES string of the molecule is CCOc1cccc(N(CCN(C)C)CC(C)C)c1N. The van der Waals surface area contributed by atoms with Gasteiger partial charge in [-0.1, -0.05) is 19.9 Å². The molecule has 114 valence electrons. The summed E-state index contributed by atoms with van der Waals surface area (Å²) >= 11 is 0. The topological polar surface area (TPSA) is 41.7 Å². The number of nitrogens with two attached hydrogens (primary N) is 1. The molecule has 0 aromatic heterocycles. The van der Waals surface area contributed by atoms with E-state index in [1.54, 1.807) is 0 Å². The van der Waals surface area contributed by atoms with E-state index in [1.807, 2.05) is 19.1 Å². The van der Waals surface area contributed by atoms with E-state index in [9.17, 15) is 0 Å². The highest BCUT2D eigenvalue weighted by Gasteiger charge is 2.14. The first-order chi connectivity index (χ1) is 9.45. The number of nitrogens with zero attached hydrogens (tertiary/aromatic N) is 2. The number of anilines is 2. The molecule has 0 spiro atoms. The maximum Gasteiger partial charge on any atom is 0.144 e. The van der Waals surface area contributed by atoms with Gasteiger partial charge in [-0.25, -0.2) is 0 Å². The lowest BCUT2D eigenvalue weighted by atomic mass is 10.1. The first-order valence-corrected chi connectivity index (χ1v) is 7.36. The summed E-state index contributed by atoms with van der Waals surface area (Å²) in [5, 5.41) is 0. The van der Waals surface area contributed by atoms with Gasteiger partial charge < -0.3 is 20.3 Å². The van der Waals surface area contributed by atoms with Crippen molar-refractivity contribution in [2.24, 2.45) is 5.92 Å². The molecule has 4 nitrogen and oxygen atoms in total. The van der Waals surface area contributed by atoms with Gasteiger partial charge in [-0.05, 0) is 39.1 Å². The van der Waals surface area contributed by atoms with Gasteiger partial charge in [0, 0.05) is 19.6 Å². The number of likely N-dealkylation sites (N-methyl/N-ethyl adjacent to an activating group) is 1. The lowest BCUT2D eigenvalue weighted by Crippen LogP contribution is -2.34. The largest absolute Gasteiger partial charge is 0.492 e. The Hall–Kier alpha value is -1.42. The highest BCUT2D eigenvalue weighted by molar-refractivity contribution is 5.74. The van der Waals surface area contributed by atoms with E-state index in [2.05, 4.69) is 43.8 Å². The van der Waals surface area contributed by atoms with Crippen molar-refractivity contribution in [2.75, 3.05) is 51.0 Å². The molecule has 0 saturated carbocycles. The van der Waals surface area contributed by atoms with Crippen LogP contribution in [0, 0.1) is 5.92 Å². The van der Waals surface area contributed by atoms with Crippen LogP contribution < -0.4 is 15.4 Å². The highest BCUT2D eigenvalue weighted by Crippen LogP contribution is 2.32. The van der Waals surface area contributed by atoms with Gasteiger partial charge in [-0.3, -0.25) is 0 Å². The zero-order valence-corrected chi connectivity index (χ0v) is 13.5. The summed E-state index contributed by atoms with van der Waals surface area (Å²) in [6.07, 6.45) is 0. The van der Waals surface area contributed by atoms with Crippen molar-refractivity contribution < 1.29 is 4.74 Å². The van der Waals surface area contributed by atoms with Crippen LogP contribution in [0.15, 0.2) is 18.2 Å². The molecule has 0 heterocycles. The first kappa shape index (κ1) is 16.6. The summed E-state index contributed by atoms with van der Waals surface area (Å²) in [7, 11) is 4.18. The third kappa shape index (κ3) is 4.93. The Bertz CT molecular complexity index is 405. The number of benzene rings is 1. The lowest BCUT2D eigenvalue weighted by molar-refractivity contribution is 0.342. The van der Waals surface area contributed by atoms with E-state index in [0.29, 0.717) is 12.5 Å². The Labute approximate surface area is 123 Å². The van der Waals surface area contributed by atoms with Gasteiger partial charge in [0.15, 0.2) is 0 Å². The molecule has 0 radical (unpaired) electrons. The van der Waals surface area contributed by atoms with E-state index >= 15 is 0 Å². The van der Waals surface area contributed by atoms with Crippen LogP contribution in [-0.4, -0.2) is 45.2 Å². The Morgan fingerprint density at radius 1 is 1.20 bits per heavy atom. The van der Waals surface area contributed by atoms with E-state index in [-0.39, 0.29) is 0 Å². The third-order valence-corrected chi connectivity index (χ3v) is 3.09. The Balaban J connectivity index is 2.96. The van der Waals surface area contributed by atoms with Gasteiger partial charge >= 0.3 is 0 Å². The number of ether oxygens (including phenoxy) is 1. The summed E-state index contributed by atoms with van der Waals surface area (Å²) in [6, 6.07) is 6.03. The van der Waals surface area contributed by atoms with Crippen LogP contribution in [0.3, 0.4) is 0 Å². The Morgan fingerprint density at radius 3 is 2.45 bits per heavy atom. The number of nitrogen functional groups attached to an aromatic ring is 1. The van der Waals surface area contributed by atoms with Crippen LogP contribution in [0.2, 0.25) is 0 Å². The minimum absolute atomic E-state index is 0.590. The summed E-state index contributed by atoms with van der Waals surface area (Å²) in [6.45, 7) is 10.0. The third-order valence-electron chi connectivity index (χ3n) is 3.09. The van der Waals surface area contributed by atoms with Crippen molar-refractivity contribution in [2.45, 2.75) is 20.8 Å². The van der Waals surface area contributed by atoms with Crippen molar-refractivity contribution in [1.82, 2.24) is 4.90 Å². The molecular weight excluding hydrogens is 250 g/mol. The Morgan fingerprint density at radius 2 is 1.90 bits per heavy atom. The summed E-state index contributed by atoms with van der Waals surface area (Å²) in [5.41, 5.74) is 8.09. The molecular formula is C16H29N3O. The molecule has 0 bridgehead atoms. The van der Waals surface area contributed by atoms with Crippen LogP contribution in [0.5, 0.6) is 5.75 Å². The summed E-state index contributed by atoms with van der Waals surface area (Å²) < 4.78 is 5.60. The van der Waals surface area contributed by atoms with Crippen LogP contribution in [-0.2, 0) is 0 Å². The van der Waals surface area contributed by atoms with Gasteiger partial charge in [0.05, 0.1) is 18.0 Å². The number of para-hydroxylation sites is 1. The average Bonchev–Trinajstić information content (AvgIpc) is 2.37. The van der Waals surface area contributed by atoms with Crippen LogP contribution in [0.1, 0.15) is 20.8 Å². The highest BCUT2D eigenvalue weighted by atomic mass is 16.5. The van der Waals surface area contributed by atoms with Crippen LogP contribution in [0.25, 0.3) is 0 Å². The van der Waals surface area contributed by atoms with E-state index in [1.165, 1.54) is 0 Å². The van der Waals surface area contributed by atoms with Crippen molar-refractivity contribution in [3.8, 4) is 5.75 Å². The van der Waals surface area contributed by atoms with Crippen molar-refractivity contribution in [1.29, 1.82) is 0 Å². The van der Waals surface area contributed by atoms with Gasteiger partial charge in [0.1, 0.15) is 5.75 Å². The molecule has 0 amide bonds. The fraction of sp³-hybridized carbons (Fsp3) is 0.625. The average molecular weight is 279 g/mol.